The molecule has 0 aromatic heterocycles. The number of hydrogen-bond acceptors (Lipinski definition) is 4. The predicted octanol–water partition coefficient (Wildman–Crippen LogP) is 4.24. The van der Waals surface area contributed by atoms with Crippen LogP contribution in [0.1, 0.15) is 22.7 Å². The lowest BCUT2D eigenvalue weighted by Crippen LogP contribution is -2.51. The Morgan fingerprint density at radius 1 is 0.767 bits per heavy atom. The molecule has 0 aliphatic carbocycles. The van der Waals surface area contributed by atoms with E-state index in [4.69, 9.17) is 4.74 Å². The van der Waals surface area contributed by atoms with E-state index in [1.165, 1.54) is 5.56 Å². The van der Waals surface area contributed by atoms with E-state index in [1.807, 2.05) is 78.9 Å². The van der Waals surface area contributed by atoms with Crippen LogP contribution in [0.25, 0.3) is 0 Å². The van der Waals surface area contributed by atoms with E-state index in [1.54, 1.807) is 0 Å². The molecular formula is C25H27NO3S. The maximum atomic E-state index is 12.8. The molecule has 0 amide bonds. The van der Waals surface area contributed by atoms with Crippen molar-refractivity contribution in [3.8, 4) is 0 Å². The average molecular weight is 422 g/mol. The van der Waals surface area contributed by atoms with Gasteiger partial charge in [-0.3, -0.25) is 4.90 Å². The Kier molecular flexibility index (Phi) is 6.62. The van der Waals surface area contributed by atoms with Gasteiger partial charge in [0.1, 0.15) is 0 Å². The molecule has 1 aliphatic heterocycles. The van der Waals surface area contributed by atoms with E-state index < -0.39 is 9.84 Å². The number of nitrogens with zero attached hydrogens (tertiary/aromatic N) is 1. The third-order valence-electron chi connectivity index (χ3n) is 5.54. The van der Waals surface area contributed by atoms with Crippen molar-refractivity contribution in [2.75, 3.05) is 18.1 Å². The van der Waals surface area contributed by atoms with E-state index in [2.05, 4.69) is 17.0 Å². The van der Waals surface area contributed by atoms with Crippen molar-refractivity contribution in [1.82, 2.24) is 4.90 Å². The Morgan fingerprint density at radius 3 is 1.97 bits per heavy atom. The molecule has 156 valence electrons. The summed E-state index contributed by atoms with van der Waals surface area (Å²) in [5.74, 6) is 0.261. The van der Waals surface area contributed by atoms with Crippen LogP contribution >= 0.6 is 0 Å². The van der Waals surface area contributed by atoms with Gasteiger partial charge in [-0.05, 0) is 16.7 Å². The van der Waals surface area contributed by atoms with E-state index in [9.17, 15) is 8.42 Å². The third kappa shape index (κ3) is 5.36. The summed E-state index contributed by atoms with van der Waals surface area (Å²) in [5, 5.41) is 0. The van der Waals surface area contributed by atoms with E-state index in [-0.39, 0.29) is 23.6 Å². The molecule has 0 bridgehead atoms. The number of rotatable bonds is 7. The maximum absolute atomic E-state index is 12.8. The fourth-order valence-electron chi connectivity index (χ4n) is 4.07. The van der Waals surface area contributed by atoms with Crippen molar-refractivity contribution in [2.45, 2.75) is 25.2 Å². The first-order chi connectivity index (χ1) is 14.6. The molecule has 3 aromatic rings. The van der Waals surface area contributed by atoms with Crippen molar-refractivity contribution >= 4 is 9.84 Å². The molecule has 0 radical (unpaired) electrons. The molecule has 4 nitrogen and oxygen atoms in total. The number of benzene rings is 3. The number of hydrogen-bond donors (Lipinski definition) is 0. The van der Waals surface area contributed by atoms with Gasteiger partial charge in [0, 0.05) is 18.6 Å². The highest BCUT2D eigenvalue weighted by Crippen LogP contribution is 2.32. The Hall–Kier alpha value is -2.47. The molecule has 5 heteroatoms. The molecule has 1 fully saturated rings. The minimum Gasteiger partial charge on any atom is -0.375 e. The molecule has 4 rings (SSSR count). The predicted molar refractivity (Wildman–Crippen MR) is 120 cm³/mol. The normalized spacial score (nSPS) is 21.3. The van der Waals surface area contributed by atoms with Crippen LogP contribution in [0.5, 0.6) is 0 Å². The minimum absolute atomic E-state index is 0.123. The zero-order chi connectivity index (χ0) is 20.8. The summed E-state index contributed by atoms with van der Waals surface area (Å²) in [6, 6.07) is 29.8. The Balaban J connectivity index is 1.58. The van der Waals surface area contributed by atoms with Gasteiger partial charge in [-0.2, -0.15) is 0 Å². The standard InChI is InChI=1S/C25H27NO3S/c27-30(28)19-24(18-29-17-22-12-6-2-7-13-22)26(16-21-10-4-1-5-11-21)25(20-30)23-14-8-3-9-15-23/h1-15,24-25H,16-20H2/t24-,25-/m1/s1. The molecule has 1 heterocycles. The van der Waals surface area contributed by atoms with E-state index in [0.717, 1.165) is 11.1 Å². The largest absolute Gasteiger partial charge is 0.375 e. The molecule has 1 aliphatic rings. The van der Waals surface area contributed by atoms with Gasteiger partial charge in [0.25, 0.3) is 0 Å². The lowest BCUT2D eigenvalue weighted by Gasteiger charge is -2.42. The van der Waals surface area contributed by atoms with Crippen LogP contribution in [-0.2, 0) is 27.7 Å². The lowest BCUT2D eigenvalue weighted by molar-refractivity contribution is 0.0341. The summed E-state index contributed by atoms with van der Waals surface area (Å²) in [6.45, 7) is 1.55. The number of ether oxygens (including phenoxy) is 1. The molecule has 0 N–H and O–H groups in total. The fourth-order valence-corrected chi connectivity index (χ4v) is 5.95. The molecular weight excluding hydrogens is 394 g/mol. The second kappa shape index (κ2) is 9.56. The second-order valence-corrected chi connectivity index (χ2v) is 9.97. The number of sulfone groups is 1. The van der Waals surface area contributed by atoms with Gasteiger partial charge in [-0.1, -0.05) is 91.0 Å². The monoisotopic (exact) mass is 421 g/mol. The van der Waals surface area contributed by atoms with Gasteiger partial charge in [0.05, 0.1) is 24.7 Å². The van der Waals surface area contributed by atoms with Crippen LogP contribution in [-0.4, -0.2) is 37.5 Å². The Morgan fingerprint density at radius 2 is 1.33 bits per heavy atom. The first-order valence-corrected chi connectivity index (χ1v) is 12.1. The van der Waals surface area contributed by atoms with E-state index >= 15 is 0 Å². The highest BCUT2D eigenvalue weighted by Gasteiger charge is 2.39. The molecule has 1 saturated heterocycles. The Bertz CT molecular complexity index is 1020. The molecule has 0 spiro atoms. The van der Waals surface area contributed by atoms with Crippen LogP contribution in [0.15, 0.2) is 91.0 Å². The van der Waals surface area contributed by atoms with Crippen molar-refractivity contribution in [2.24, 2.45) is 0 Å². The summed E-state index contributed by atoms with van der Waals surface area (Å²) in [7, 11) is -3.17. The van der Waals surface area contributed by atoms with Gasteiger partial charge >= 0.3 is 0 Å². The smallest absolute Gasteiger partial charge is 0.153 e. The summed E-state index contributed by atoms with van der Waals surface area (Å²) in [5.41, 5.74) is 3.29. The van der Waals surface area contributed by atoms with Crippen LogP contribution in [0.3, 0.4) is 0 Å². The van der Waals surface area contributed by atoms with Gasteiger partial charge in [0.15, 0.2) is 9.84 Å². The van der Waals surface area contributed by atoms with Crippen LogP contribution < -0.4 is 0 Å². The fraction of sp³-hybridized carbons (Fsp3) is 0.280. The lowest BCUT2D eigenvalue weighted by atomic mass is 10.0. The van der Waals surface area contributed by atoms with Gasteiger partial charge in [-0.25, -0.2) is 8.42 Å². The summed E-state index contributed by atoms with van der Waals surface area (Å²) in [4.78, 5) is 2.30. The summed E-state index contributed by atoms with van der Waals surface area (Å²) >= 11 is 0. The topological polar surface area (TPSA) is 46.6 Å². The van der Waals surface area contributed by atoms with Crippen molar-refractivity contribution < 1.29 is 13.2 Å². The first-order valence-electron chi connectivity index (χ1n) is 10.3. The molecule has 3 aromatic carbocycles. The minimum atomic E-state index is -3.17. The highest BCUT2D eigenvalue weighted by atomic mass is 32.2. The SMILES string of the molecule is O=S1(=O)C[C@@H](COCc2ccccc2)N(Cc2ccccc2)[C@@H](c2ccccc2)C1. The molecule has 0 saturated carbocycles. The summed E-state index contributed by atoms with van der Waals surface area (Å²) < 4.78 is 31.6. The highest BCUT2D eigenvalue weighted by molar-refractivity contribution is 7.91. The third-order valence-corrected chi connectivity index (χ3v) is 7.26. The molecule has 0 unspecified atom stereocenters. The second-order valence-electron chi connectivity index (χ2n) is 7.82. The van der Waals surface area contributed by atoms with Crippen LogP contribution in [0.2, 0.25) is 0 Å². The van der Waals surface area contributed by atoms with Crippen molar-refractivity contribution in [1.29, 1.82) is 0 Å². The average Bonchev–Trinajstić information content (AvgIpc) is 2.77. The van der Waals surface area contributed by atoms with Crippen LogP contribution in [0.4, 0.5) is 0 Å². The van der Waals surface area contributed by atoms with E-state index in [0.29, 0.717) is 19.8 Å². The van der Waals surface area contributed by atoms with Gasteiger partial charge in [0.2, 0.25) is 0 Å². The summed E-state index contributed by atoms with van der Waals surface area (Å²) in [6.07, 6.45) is 0. The van der Waals surface area contributed by atoms with Crippen molar-refractivity contribution in [3.63, 3.8) is 0 Å². The molecule has 30 heavy (non-hydrogen) atoms. The maximum Gasteiger partial charge on any atom is 0.153 e. The zero-order valence-corrected chi connectivity index (χ0v) is 17.7. The molecule has 2 atom stereocenters. The van der Waals surface area contributed by atoms with Crippen molar-refractivity contribution in [3.05, 3.63) is 108 Å². The quantitative estimate of drug-likeness (QED) is 0.572. The van der Waals surface area contributed by atoms with Gasteiger partial charge < -0.3 is 4.74 Å². The zero-order valence-electron chi connectivity index (χ0n) is 16.9. The van der Waals surface area contributed by atoms with Gasteiger partial charge in [-0.15, -0.1) is 0 Å². The Labute approximate surface area is 179 Å². The van der Waals surface area contributed by atoms with Crippen LogP contribution in [0, 0.1) is 0 Å². The first kappa shape index (κ1) is 20.8.